The molecule has 106 valence electrons. The molecule has 2 nitrogen and oxygen atoms in total. The molecule has 2 unspecified atom stereocenters. The lowest BCUT2D eigenvalue weighted by Crippen LogP contribution is -2.42. The van der Waals surface area contributed by atoms with Crippen molar-refractivity contribution in [3.8, 4) is 5.75 Å². The monoisotopic (exact) mass is 325 g/mol. The summed E-state index contributed by atoms with van der Waals surface area (Å²) in [5, 5.41) is 3.60. The molecule has 3 heteroatoms. The lowest BCUT2D eigenvalue weighted by atomic mass is 9.83. The van der Waals surface area contributed by atoms with Crippen LogP contribution in [0.15, 0.2) is 22.7 Å². The third kappa shape index (κ3) is 3.51. The van der Waals surface area contributed by atoms with Gasteiger partial charge in [-0.2, -0.15) is 0 Å². The van der Waals surface area contributed by atoms with Crippen molar-refractivity contribution >= 4 is 15.9 Å². The molecule has 0 radical (unpaired) electrons. The number of ether oxygens (including phenoxy) is 1. The van der Waals surface area contributed by atoms with E-state index in [0.29, 0.717) is 12.0 Å². The fraction of sp³-hybridized carbons (Fsp3) is 0.625. The summed E-state index contributed by atoms with van der Waals surface area (Å²) >= 11 is 3.55. The molecule has 19 heavy (non-hydrogen) atoms. The smallest absolute Gasteiger partial charge is 0.124 e. The fourth-order valence-corrected chi connectivity index (χ4v) is 3.53. The zero-order valence-electron chi connectivity index (χ0n) is 12.3. The van der Waals surface area contributed by atoms with Crippen molar-refractivity contribution in [2.75, 3.05) is 6.54 Å². The summed E-state index contributed by atoms with van der Waals surface area (Å²) in [6.45, 7) is 9.89. The molecular formula is C16H24BrNO. The number of benzene rings is 1. The van der Waals surface area contributed by atoms with Crippen LogP contribution < -0.4 is 10.1 Å². The average molecular weight is 326 g/mol. The Balaban J connectivity index is 2.32. The molecule has 0 fully saturated rings. The van der Waals surface area contributed by atoms with Crippen LogP contribution in [-0.2, 0) is 0 Å². The van der Waals surface area contributed by atoms with Crippen LogP contribution in [0.4, 0.5) is 0 Å². The van der Waals surface area contributed by atoms with Crippen LogP contribution in [0, 0.1) is 5.92 Å². The first-order chi connectivity index (χ1) is 8.93. The summed E-state index contributed by atoms with van der Waals surface area (Å²) in [6, 6.07) is 6.71. The highest BCUT2D eigenvalue weighted by molar-refractivity contribution is 9.10. The molecule has 0 amide bonds. The highest BCUT2D eigenvalue weighted by Crippen LogP contribution is 2.43. The van der Waals surface area contributed by atoms with E-state index >= 15 is 0 Å². The van der Waals surface area contributed by atoms with Crippen LogP contribution >= 0.6 is 15.9 Å². The van der Waals surface area contributed by atoms with Gasteiger partial charge >= 0.3 is 0 Å². The summed E-state index contributed by atoms with van der Waals surface area (Å²) in [5.41, 5.74) is 1.21. The lowest BCUT2D eigenvalue weighted by molar-refractivity contribution is 0.0288. The predicted octanol–water partition coefficient (Wildman–Crippen LogP) is 4.69. The van der Waals surface area contributed by atoms with Crippen molar-refractivity contribution in [1.29, 1.82) is 0 Å². The molecule has 0 aromatic heterocycles. The minimum Gasteiger partial charge on any atom is -0.487 e. The topological polar surface area (TPSA) is 21.3 Å². The molecule has 1 heterocycles. The number of hydrogen-bond acceptors (Lipinski definition) is 2. The van der Waals surface area contributed by atoms with Gasteiger partial charge in [0.15, 0.2) is 0 Å². The maximum Gasteiger partial charge on any atom is 0.124 e. The van der Waals surface area contributed by atoms with Gasteiger partial charge in [-0.25, -0.2) is 0 Å². The van der Waals surface area contributed by atoms with E-state index < -0.39 is 0 Å². The first-order valence-electron chi connectivity index (χ1n) is 7.15. The maximum absolute atomic E-state index is 6.30. The van der Waals surface area contributed by atoms with Gasteiger partial charge < -0.3 is 10.1 Å². The fourth-order valence-electron chi connectivity index (χ4n) is 3.15. The molecule has 1 aliphatic heterocycles. The van der Waals surface area contributed by atoms with E-state index in [1.165, 1.54) is 5.56 Å². The molecular weight excluding hydrogens is 302 g/mol. The van der Waals surface area contributed by atoms with Gasteiger partial charge in [-0.05, 0) is 44.0 Å². The third-order valence-corrected chi connectivity index (χ3v) is 4.12. The Labute approximate surface area is 125 Å². The quantitative estimate of drug-likeness (QED) is 0.867. The van der Waals surface area contributed by atoms with Crippen LogP contribution in [0.3, 0.4) is 0 Å². The molecule has 1 N–H and O–H groups in total. The molecule has 1 aliphatic rings. The average Bonchev–Trinajstić information content (AvgIpc) is 2.29. The molecule has 2 rings (SSSR count). The van der Waals surface area contributed by atoms with E-state index in [4.69, 9.17) is 4.74 Å². The summed E-state index contributed by atoms with van der Waals surface area (Å²) in [6.07, 6.45) is 2.12. The zero-order valence-corrected chi connectivity index (χ0v) is 13.9. The van der Waals surface area contributed by atoms with Crippen molar-refractivity contribution < 1.29 is 4.74 Å². The van der Waals surface area contributed by atoms with Gasteiger partial charge in [0.1, 0.15) is 11.4 Å². The van der Waals surface area contributed by atoms with Crippen molar-refractivity contribution in [1.82, 2.24) is 5.32 Å². The SMILES string of the molecule is CCNC1CC(C)(CC(C)C)Oc2ccc(Br)cc21. The Morgan fingerprint density at radius 1 is 1.47 bits per heavy atom. The van der Waals surface area contributed by atoms with Gasteiger partial charge in [-0.15, -0.1) is 0 Å². The molecule has 1 aromatic rings. The number of rotatable bonds is 4. The van der Waals surface area contributed by atoms with Gasteiger partial charge in [0.05, 0.1) is 0 Å². The zero-order chi connectivity index (χ0) is 14.0. The van der Waals surface area contributed by atoms with Crippen LogP contribution in [0.2, 0.25) is 0 Å². The van der Waals surface area contributed by atoms with Gasteiger partial charge in [-0.3, -0.25) is 0 Å². The lowest BCUT2D eigenvalue weighted by Gasteiger charge is -2.41. The molecule has 2 atom stereocenters. The Kier molecular flexibility index (Phi) is 4.57. The Morgan fingerprint density at radius 2 is 2.21 bits per heavy atom. The molecule has 0 saturated heterocycles. The standard InChI is InChI=1S/C16H24BrNO/c1-5-18-14-10-16(4,9-11(2)3)19-15-7-6-12(17)8-13(14)15/h6-8,11,14,18H,5,9-10H2,1-4H3. The maximum atomic E-state index is 6.30. The predicted molar refractivity (Wildman–Crippen MR) is 83.7 cm³/mol. The van der Waals surface area contributed by atoms with Gasteiger partial charge in [0.25, 0.3) is 0 Å². The minimum absolute atomic E-state index is 0.0676. The first kappa shape index (κ1) is 14.9. The highest BCUT2D eigenvalue weighted by atomic mass is 79.9. The van der Waals surface area contributed by atoms with E-state index in [0.717, 1.165) is 29.6 Å². The second-order valence-corrected chi connectivity index (χ2v) is 7.06. The largest absolute Gasteiger partial charge is 0.487 e. The normalized spacial score (nSPS) is 26.1. The molecule has 0 saturated carbocycles. The summed E-state index contributed by atoms with van der Waals surface area (Å²) in [7, 11) is 0. The molecule has 0 bridgehead atoms. The Morgan fingerprint density at radius 3 is 2.84 bits per heavy atom. The molecule has 0 aliphatic carbocycles. The van der Waals surface area contributed by atoms with E-state index in [-0.39, 0.29) is 5.60 Å². The number of hydrogen-bond donors (Lipinski definition) is 1. The summed E-state index contributed by atoms with van der Waals surface area (Å²) in [4.78, 5) is 0. The molecule has 1 aromatic carbocycles. The van der Waals surface area contributed by atoms with E-state index in [1.54, 1.807) is 0 Å². The van der Waals surface area contributed by atoms with Crippen molar-refractivity contribution in [2.45, 2.75) is 52.2 Å². The van der Waals surface area contributed by atoms with Crippen LogP contribution in [0.1, 0.15) is 52.1 Å². The second-order valence-electron chi connectivity index (χ2n) is 6.15. The van der Waals surface area contributed by atoms with Gasteiger partial charge in [0.2, 0.25) is 0 Å². The number of halogens is 1. The highest BCUT2D eigenvalue weighted by Gasteiger charge is 2.37. The summed E-state index contributed by atoms with van der Waals surface area (Å²) < 4.78 is 7.42. The Bertz CT molecular complexity index is 446. The van der Waals surface area contributed by atoms with Crippen LogP contribution in [0.5, 0.6) is 5.75 Å². The van der Waals surface area contributed by atoms with Crippen LogP contribution in [-0.4, -0.2) is 12.1 Å². The van der Waals surface area contributed by atoms with E-state index in [1.807, 2.05) is 0 Å². The molecule has 0 spiro atoms. The minimum atomic E-state index is -0.0676. The van der Waals surface area contributed by atoms with Gasteiger partial charge in [0, 0.05) is 22.5 Å². The van der Waals surface area contributed by atoms with Crippen molar-refractivity contribution in [3.05, 3.63) is 28.2 Å². The van der Waals surface area contributed by atoms with E-state index in [2.05, 4.69) is 67.1 Å². The second kappa shape index (κ2) is 5.84. The third-order valence-electron chi connectivity index (χ3n) is 3.63. The van der Waals surface area contributed by atoms with Crippen molar-refractivity contribution in [3.63, 3.8) is 0 Å². The summed E-state index contributed by atoms with van der Waals surface area (Å²) in [5.74, 6) is 1.67. The Hall–Kier alpha value is -0.540. The van der Waals surface area contributed by atoms with Crippen molar-refractivity contribution in [2.24, 2.45) is 5.92 Å². The van der Waals surface area contributed by atoms with Gasteiger partial charge in [-0.1, -0.05) is 36.7 Å². The first-order valence-corrected chi connectivity index (χ1v) is 7.94. The van der Waals surface area contributed by atoms with E-state index in [9.17, 15) is 0 Å². The van der Waals surface area contributed by atoms with Crippen LogP contribution in [0.25, 0.3) is 0 Å². The number of nitrogens with one attached hydrogen (secondary N) is 1. The number of fused-ring (bicyclic) bond motifs is 1.